The van der Waals surface area contributed by atoms with E-state index in [0.29, 0.717) is 17.7 Å². The molecule has 18 heavy (non-hydrogen) atoms. The highest BCUT2D eigenvalue weighted by Crippen LogP contribution is 2.11. The Morgan fingerprint density at radius 2 is 2.11 bits per heavy atom. The Hall–Kier alpha value is -1.88. The van der Waals surface area contributed by atoms with Crippen LogP contribution in [-0.4, -0.2) is 29.6 Å². The summed E-state index contributed by atoms with van der Waals surface area (Å²) >= 11 is 0. The normalized spacial score (nSPS) is 11.7. The SMILES string of the molecule is CCC(CO)NC(=O)Nc1cccc(C(C)=O)c1. The van der Waals surface area contributed by atoms with Gasteiger partial charge in [0, 0.05) is 11.3 Å². The van der Waals surface area contributed by atoms with Crippen LogP contribution in [0.4, 0.5) is 10.5 Å². The summed E-state index contributed by atoms with van der Waals surface area (Å²) in [4.78, 5) is 22.8. The summed E-state index contributed by atoms with van der Waals surface area (Å²) in [6, 6.07) is 6.05. The number of carbonyl (C=O) groups excluding carboxylic acids is 2. The molecule has 0 heterocycles. The Bertz CT molecular complexity index is 428. The van der Waals surface area contributed by atoms with Crippen molar-refractivity contribution in [2.75, 3.05) is 11.9 Å². The summed E-state index contributed by atoms with van der Waals surface area (Å²) < 4.78 is 0. The lowest BCUT2D eigenvalue weighted by molar-refractivity contribution is 0.101. The number of ketones is 1. The van der Waals surface area contributed by atoms with Gasteiger partial charge in [-0.1, -0.05) is 19.1 Å². The van der Waals surface area contributed by atoms with E-state index in [0.717, 1.165) is 0 Å². The van der Waals surface area contributed by atoms with E-state index in [4.69, 9.17) is 5.11 Å². The van der Waals surface area contributed by atoms with Gasteiger partial charge in [0.1, 0.15) is 0 Å². The summed E-state index contributed by atoms with van der Waals surface area (Å²) in [5.74, 6) is -0.0548. The molecule has 0 radical (unpaired) electrons. The molecule has 0 aliphatic heterocycles. The Labute approximate surface area is 106 Å². The molecule has 0 saturated heterocycles. The zero-order chi connectivity index (χ0) is 13.5. The fraction of sp³-hybridized carbons (Fsp3) is 0.385. The van der Waals surface area contributed by atoms with Crippen molar-refractivity contribution in [2.45, 2.75) is 26.3 Å². The second-order valence-corrected chi connectivity index (χ2v) is 4.02. The van der Waals surface area contributed by atoms with Crippen LogP contribution in [0, 0.1) is 0 Å². The molecule has 1 rings (SSSR count). The zero-order valence-corrected chi connectivity index (χ0v) is 10.6. The van der Waals surface area contributed by atoms with E-state index < -0.39 is 6.03 Å². The lowest BCUT2D eigenvalue weighted by atomic mass is 10.1. The minimum Gasteiger partial charge on any atom is -0.394 e. The van der Waals surface area contributed by atoms with Gasteiger partial charge < -0.3 is 15.7 Å². The first kappa shape index (κ1) is 14.2. The molecule has 0 aromatic heterocycles. The number of nitrogens with one attached hydrogen (secondary N) is 2. The highest BCUT2D eigenvalue weighted by molar-refractivity contribution is 5.96. The fourth-order valence-corrected chi connectivity index (χ4v) is 1.45. The van der Waals surface area contributed by atoms with Crippen LogP contribution in [0.25, 0.3) is 0 Å². The van der Waals surface area contributed by atoms with Gasteiger partial charge in [0.2, 0.25) is 0 Å². The van der Waals surface area contributed by atoms with Crippen molar-refractivity contribution in [3.63, 3.8) is 0 Å². The van der Waals surface area contributed by atoms with Crippen LogP contribution in [0.15, 0.2) is 24.3 Å². The number of carbonyl (C=O) groups is 2. The molecular formula is C13H18N2O3. The monoisotopic (exact) mass is 250 g/mol. The number of amides is 2. The first-order valence-electron chi connectivity index (χ1n) is 5.86. The molecule has 0 spiro atoms. The van der Waals surface area contributed by atoms with Crippen molar-refractivity contribution >= 4 is 17.5 Å². The van der Waals surface area contributed by atoms with Crippen molar-refractivity contribution < 1.29 is 14.7 Å². The average Bonchev–Trinajstić information content (AvgIpc) is 2.36. The summed E-state index contributed by atoms with van der Waals surface area (Å²) in [5.41, 5.74) is 1.09. The molecule has 0 bridgehead atoms. The fourth-order valence-electron chi connectivity index (χ4n) is 1.45. The molecule has 2 amide bonds. The Balaban J connectivity index is 2.64. The van der Waals surface area contributed by atoms with Crippen molar-refractivity contribution in [3.8, 4) is 0 Å². The van der Waals surface area contributed by atoms with Crippen LogP contribution >= 0.6 is 0 Å². The third kappa shape index (κ3) is 4.18. The molecule has 1 atom stereocenters. The number of aliphatic hydroxyl groups is 1. The van der Waals surface area contributed by atoms with Gasteiger partial charge in [-0.05, 0) is 25.5 Å². The van der Waals surface area contributed by atoms with Gasteiger partial charge in [-0.15, -0.1) is 0 Å². The van der Waals surface area contributed by atoms with E-state index in [1.54, 1.807) is 24.3 Å². The quantitative estimate of drug-likeness (QED) is 0.697. The standard InChI is InChI=1S/C13H18N2O3/c1-3-11(8-16)14-13(18)15-12-6-4-5-10(7-12)9(2)17/h4-7,11,16H,3,8H2,1-2H3,(H2,14,15,18). The van der Waals surface area contributed by atoms with Gasteiger partial charge in [0.25, 0.3) is 0 Å². The predicted octanol–water partition coefficient (Wildman–Crippen LogP) is 1.78. The zero-order valence-electron chi connectivity index (χ0n) is 10.6. The lowest BCUT2D eigenvalue weighted by Gasteiger charge is -2.14. The highest BCUT2D eigenvalue weighted by Gasteiger charge is 2.09. The van der Waals surface area contributed by atoms with E-state index in [1.165, 1.54) is 6.92 Å². The molecule has 5 nitrogen and oxygen atoms in total. The van der Waals surface area contributed by atoms with Gasteiger partial charge in [-0.3, -0.25) is 4.79 Å². The van der Waals surface area contributed by atoms with E-state index in [1.807, 2.05) is 6.92 Å². The summed E-state index contributed by atoms with van der Waals surface area (Å²) in [6.45, 7) is 3.24. The van der Waals surface area contributed by atoms with E-state index in [2.05, 4.69) is 10.6 Å². The van der Waals surface area contributed by atoms with Gasteiger partial charge in [0.05, 0.1) is 12.6 Å². The molecule has 0 fully saturated rings. The average molecular weight is 250 g/mol. The molecule has 0 aliphatic carbocycles. The number of aliphatic hydroxyl groups excluding tert-OH is 1. The number of rotatable bonds is 5. The van der Waals surface area contributed by atoms with Crippen LogP contribution in [0.2, 0.25) is 0 Å². The Morgan fingerprint density at radius 1 is 1.39 bits per heavy atom. The minimum atomic E-state index is -0.392. The largest absolute Gasteiger partial charge is 0.394 e. The van der Waals surface area contributed by atoms with Crippen LogP contribution in [0.5, 0.6) is 0 Å². The number of benzene rings is 1. The molecule has 0 aliphatic rings. The minimum absolute atomic E-state index is 0.0548. The van der Waals surface area contributed by atoms with Crippen LogP contribution in [-0.2, 0) is 0 Å². The summed E-state index contributed by atoms with van der Waals surface area (Å²) in [7, 11) is 0. The number of urea groups is 1. The van der Waals surface area contributed by atoms with Crippen molar-refractivity contribution in [1.82, 2.24) is 5.32 Å². The van der Waals surface area contributed by atoms with Crippen LogP contribution < -0.4 is 10.6 Å². The summed E-state index contributed by atoms with van der Waals surface area (Å²) in [6.07, 6.45) is 0.650. The van der Waals surface area contributed by atoms with E-state index >= 15 is 0 Å². The second kappa shape index (κ2) is 6.76. The topological polar surface area (TPSA) is 78.4 Å². The number of anilines is 1. The number of Topliss-reactive ketones (excluding diaryl/α,β-unsaturated/α-hetero) is 1. The van der Waals surface area contributed by atoms with Gasteiger partial charge in [-0.25, -0.2) is 4.79 Å². The van der Waals surface area contributed by atoms with Gasteiger partial charge >= 0.3 is 6.03 Å². The van der Waals surface area contributed by atoms with E-state index in [9.17, 15) is 9.59 Å². The maximum Gasteiger partial charge on any atom is 0.319 e. The first-order valence-corrected chi connectivity index (χ1v) is 5.86. The number of hydrogen-bond acceptors (Lipinski definition) is 3. The highest BCUT2D eigenvalue weighted by atomic mass is 16.3. The first-order chi connectivity index (χ1) is 8.56. The van der Waals surface area contributed by atoms with E-state index in [-0.39, 0.29) is 18.4 Å². The Kier molecular flexibility index (Phi) is 5.32. The molecule has 1 unspecified atom stereocenters. The van der Waals surface area contributed by atoms with Crippen molar-refractivity contribution in [2.24, 2.45) is 0 Å². The smallest absolute Gasteiger partial charge is 0.319 e. The molecular weight excluding hydrogens is 232 g/mol. The molecule has 5 heteroatoms. The molecule has 1 aromatic carbocycles. The maximum atomic E-state index is 11.6. The second-order valence-electron chi connectivity index (χ2n) is 4.02. The van der Waals surface area contributed by atoms with Gasteiger partial charge in [0.15, 0.2) is 5.78 Å². The summed E-state index contributed by atoms with van der Waals surface area (Å²) in [5, 5.41) is 14.2. The number of hydrogen-bond donors (Lipinski definition) is 3. The third-order valence-corrected chi connectivity index (χ3v) is 2.58. The Morgan fingerprint density at radius 3 is 2.67 bits per heavy atom. The molecule has 1 aromatic rings. The maximum absolute atomic E-state index is 11.6. The van der Waals surface area contributed by atoms with Crippen molar-refractivity contribution in [1.29, 1.82) is 0 Å². The third-order valence-electron chi connectivity index (χ3n) is 2.58. The van der Waals surface area contributed by atoms with Crippen LogP contribution in [0.1, 0.15) is 30.6 Å². The molecule has 0 saturated carbocycles. The molecule has 98 valence electrons. The van der Waals surface area contributed by atoms with Crippen LogP contribution in [0.3, 0.4) is 0 Å². The lowest BCUT2D eigenvalue weighted by Crippen LogP contribution is -2.39. The van der Waals surface area contributed by atoms with Crippen molar-refractivity contribution in [3.05, 3.63) is 29.8 Å². The van der Waals surface area contributed by atoms with Gasteiger partial charge in [-0.2, -0.15) is 0 Å². The predicted molar refractivity (Wildman–Crippen MR) is 69.8 cm³/mol. The molecule has 3 N–H and O–H groups in total.